The molecule has 1 heterocycles. The van der Waals surface area contributed by atoms with Crippen LogP contribution in [0.5, 0.6) is 17.2 Å². The molecular weight excluding hydrogens is 358 g/mol. The second-order valence-electron chi connectivity index (χ2n) is 5.62. The zero-order chi connectivity index (χ0) is 18.7. The normalized spacial score (nSPS) is 16.0. The standard InChI is InChI=1S/C18H19NO6S/c1-3-26(21,22)12-8-9-14(23-2)13(10-12)19-18(20)17-11-24-15-6-4-5-7-16(15)25-17/h4-10,17H,3,11H2,1-2H3,(H,19,20)/t17-/m0/s1. The first-order chi connectivity index (χ1) is 12.4. The maximum Gasteiger partial charge on any atom is 0.269 e. The lowest BCUT2D eigenvalue weighted by Gasteiger charge is -2.25. The minimum atomic E-state index is -3.41. The Bertz CT molecular complexity index is 925. The highest BCUT2D eigenvalue weighted by Gasteiger charge is 2.28. The second kappa shape index (κ2) is 7.25. The average Bonchev–Trinajstić information content (AvgIpc) is 2.67. The lowest BCUT2D eigenvalue weighted by molar-refractivity contribution is -0.125. The van der Waals surface area contributed by atoms with Crippen LogP contribution < -0.4 is 19.5 Å². The van der Waals surface area contributed by atoms with Crippen molar-refractivity contribution in [2.24, 2.45) is 0 Å². The topological polar surface area (TPSA) is 90.9 Å². The number of hydrogen-bond acceptors (Lipinski definition) is 6. The number of methoxy groups -OCH3 is 1. The summed E-state index contributed by atoms with van der Waals surface area (Å²) >= 11 is 0. The van der Waals surface area contributed by atoms with E-state index in [2.05, 4.69) is 5.32 Å². The Morgan fingerprint density at radius 1 is 1.23 bits per heavy atom. The quantitative estimate of drug-likeness (QED) is 0.860. The third-order valence-electron chi connectivity index (χ3n) is 3.97. The Labute approximate surface area is 151 Å². The number of benzene rings is 2. The van der Waals surface area contributed by atoms with Gasteiger partial charge >= 0.3 is 0 Å². The summed E-state index contributed by atoms with van der Waals surface area (Å²) in [7, 11) is -1.97. The van der Waals surface area contributed by atoms with E-state index in [1.54, 1.807) is 25.1 Å². The van der Waals surface area contributed by atoms with Crippen molar-refractivity contribution in [1.82, 2.24) is 0 Å². The van der Waals surface area contributed by atoms with Crippen LogP contribution >= 0.6 is 0 Å². The smallest absolute Gasteiger partial charge is 0.269 e. The monoisotopic (exact) mass is 377 g/mol. The van der Waals surface area contributed by atoms with Gasteiger partial charge in [-0.3, -0.25) is 4.79 Å². The number of rotatable bonds is 5. The molecule has 26 heavy (non-hydrogen) atoms. The van der Waals surface area contributed by atoms with Gasteiger partial charge in [0.1, 0.15) is 12.4 Å². The van der Waals surface area contributed by atoms with Crippen molar-refractivity contribution in [2.45, 2.75) is 17.9 Å². The van der Waals surface area contributed by atoms with Crippen LogP contribution in [0.25, 0.3) is 0 Å². The number of fused-ring (bicyclic) bond motifs is 1. The van der Waals surface area contributed by atoms with Crippen molar-refractivity contribution in [2.75, 3.05) is 24.8 Å². The SMILES string of the molecule is CCS(=O)(=O)c1ccc(OC)c(NC(=O)[C@@H]2COc3ccccc3O2)c1. The van der Waals surface area contributed by atoms with Crippen molar-refractivity contribution in [3.8, 4) is 17.2 Å². The highest BCUT2D eigenvalue weighted by molar-refractivity contribution is 7.91. The first kappa shape index (κ1) is 18.1. The first-order valence-corrected chi connectivity index (χ1v) is 9.70. The van der Waals surface area contributed by atoms with Gasteiger partial charge in [-0.05, 0) is 30.3 Å². The highest BCUT2D eigenvalue weighted by Crippen LogP contribution is 2.32. The average molecular weight is 377 g/mol. The summed E-state index contributed by atoms with van der Waals surface area (Å²) in [5.41, 5.74) is 0.259. The molecule has 0 fully saturated rings. The molecule has 1 atom stereocenters. The maximum absolute atomic E-state index is 12.6. The molecule has 0 aliphatic carbocycles. The molecule has 2 aromatic rings. The van der Waals surface area contributed by atoms with E-state index in [0.717, 1.165) is 0 Å². The fourth-order valence-corrected chi connectivity index (χ4v) is 3.41. The molecule has 0 aromatic heterocycles. The summed E-state index contributed by atoms with van der Waals surface area (Å²) in [4.78, 5) is 12.7. The van der Waals surface area contributed by atoms with Crippen molar-refractivity contribution in [1.29, 1.82) is 0 Å². The number of para-hydroxylation sites is 2. The molecule has 1 amide bonds. The molecule has 138 valence electrons. The molecule has 1 aliphatic heterocycles. The van der Waals surface area contributed by atoms with Crippen LogP contribution in [-0.2, 0) is 14.6 Å². The summed E-state index contributed by atoms with van der Waals surface area (Å²) < 4.78 is 40.6. The van der Waals surface area contributed by atoms with Crippen LogP contribution in [0.2, 0.25) is 0 Å². The predicted octanol–water partition coefficient (Wildman–Crippen LogP) is 2.27. The number of amides is 1. The number of ether oxygens (including phenoxy) is 3. The van der Waals surface area contributed by atoms with Gasteiger partial charge < -0.3 is 19.5 Å². The molecule has 3 rings (SSSR count). The zero-order valence-corrected chi connectivity index (χ0v) is 15.2. The molecule has 0 radical (unpaired) electrons. The molecule has 0 unspecified atom stereocenters. The van der Waals surface area contributed by atoms with E-state index in [1.165, 1.54) is 25.3 Å². The van der Waals surface area contributed by atoms with E-state index in [1.807, 2.05) is 6.07 Å². The van der Waals surface area contributed by atoms with Crippen molar-refractivity contribution in [3.05, 3.63) is 42.5 Å². The minimum absolute atomic E-state index is 0.0386. The number of anilines is 1. The van der Waals surface area contributed by atoms with Crippen LogP contribution in [0.1, 0.15) is 6.92 Å². The van der Waals surface area contributed by atoms with Gasteiger partial charge in [0.2, 0.25) is 6.10 Å². The van der Waals surface area contributed by atoms with Crippen LogP contribution in [-0.4, -0.2) is 39.9 Å². The third kappa shape index (κ3) is 3.60. The van der Waals surface area contributed by atoms with Gasteiger partial charge in [-0.1, -0.05) is 19.1 Å². The Morgan fingerprint density at radius 2 is 1.96 bits per heavy atom. The van der Waals surface area contributed by atoms with Crippen LogP contribution in [0.4, 0.5) is 5.69 Å². The zero-order valence-electron chi connectivity index (χ0n) is 14.4. The van der Waals surface area contributed by atoms with Crippen molar-refractivity contribution in [3.63, 3.8) is 0 Å². The molecule has 0 saturated heterocycles. The van der Waals surface area contributed by atoms with Crippen molar-refractivity contribution >= 4 is 21.4 Å². The number of carbonyl (C=O) groups excluding carboxylic acids is 1. The van der Waals surface area contributed by atoms with Gasteiger partial charge in [0.25, 0.3) is 5.91 Å². The van der Waals surface area contributed by atoms with Crippen LogP contribution in [0.3, 0.4) is 0 Å². The molecule has 1 N–H and O–H groups in total. The van der Waals surface area contributed by atoms with Gasteiger partial charge in [0.15, 0.2) is 21.3 Å². The fraction of sp³-hybridized carbons (Fsp3) is 0.278. The van der Waals surface area contributed by atoms with Gasteiger partial charge in [-0.25, -0.2) is 8.42 Å². The van der Waals surface area contributed by atoms with Crippen LogP contribution in [0.15, 0.2) is 47.4 Å². The van der Waals surface area contributed by atoms with E-state index in [4.69, 9.17) is 14.2 Å². The highest BCUT2D eigenvalue weighted by atomic mass is 32.2. The Kier molecular flexibility index (Phi) is 5.03. The van der Waals surface area contributed by atoms with Gasteiger partial charge in [-0.15, -0.1) is 0 Å². The van der Waals surface area contributed by atoms with E-state index in [0.29, 0.717) is 17.2 Å². The Hall–Kier alpha value is -2.74. The molecule has 0 spiro atoms. The van der Waals surface area contributed by atoms with E-state index < -0.39 is 21.8 Å². The Morgan fingerprint density at radius 3 is 2.65 bits per heavy atom. The number of carbonyl (C=O) groups is 1. The summed E-state index contributed by atoms with van der Waals surface area (Å²) in [5.74, 6) is 0.913. The fourth-order valence-electron chi connectivity index (χ4n) is 2.51. The summed E-state index contributed by atoms with van der Waals surface area (Å²) in [5, 5.41) is 2.67. The minimum Gasteiger partial charge on any atom is -0.495 e. The third-order valence-corrected chi connectivity index (χ3v) is 5.70. The largest absolute Gasteiger partial charge is 0.495 e. The lowest BCUT2D eigenvalue weighted by atomic mass is 10.2. The molecule has 0 bridgehead atoms. The first-order valence-electron chi connectivity index (χ1n) is 8.04. The maximum atomic E-state index is 12.6. The molecule has 7 nitrogen and oxygen atoms in total. The molecule has 2 aromatic carbocycles. The van der Waals surface area contributed by atoms with Crippen LogP contribution in [0, 0.1) is 0 Å². The number of nitrogens with one attached hydrogen (secondary N) is 1. The summed E-state index contributed by atoms with van der Waals surface area (Å²) in [6.45, 7) is 1.61. The van der Waals surface area contributed by atoms with Crippen molar-refractivity contribution < 1.29 is 27.4 Å². The summed E-state index contributed by atoms with van der Waals surface area (Å²) in [6, 6.07) is 11.4. The summed E-state index contributed by atoms with van der Waals surface area (Å²) in [6.07, 6.45) is -0.860. The second-order valence-corrected chi connectivity index (χ2v) is 7.90. The molecule has 8 heteroatoms. The van der Waals surface area contributed by atoms with E-state index >= 15 is 0 Å². The van der Waals surface area contributed by atoms with E-state index in [-0.39, 0.29) is 22.9 Å². The van der Waals surface area contributed by atoms with Gasteiger partial charge in [-0.2, -0.15) is 0 Å². The van der Waals surface area contributed by atoms with Gasteiger partial charge in [0.05, 0.1) is 23.4 Å². The lowest BCUT2D eigenvalue weighted by Crippen LogP contribution is -2.40. The number of hydrogen-bond donors (Lipinski definition) is 1. The van der Waals surface area contributed by atoms with Gasteiger partial charge in [0, 0.05) is 0 Å². The molecular formula is C18H19NO6S. The Balaban J connectivity index is 1.82. The molecule has 0 saturated carbocycles. The molecule has 1 aliphatic rings. The predicted molar refractivity (Wildman–Crippen MR) is 95.7 cm³/mol. The number of sulfone groups is 1. The van der Waals surface area contributed by atoms with E-state index in [9.17, 15) is 13.2 Å².